The standard InChI is InChI=1S/C30H17NO/c1-3-9-20-18(7-1)13-14-23-24-16-28-25(22-11-5-6-12-27(22)32-28)15-26(24)31-17-19-8-2-4-10-21(19)30(31)29(20)23/h1-17H. The van der Waals surface area contributed by atoms with Crippen LogP contribution in [0.1, 0.15) is 0 Å². The van der Waals surface area contributed by atoms with Crippen molar-refractivity contribution in [2.75, 3.05) is 0 Å². The van der Waals surface area contributed by atoms with Crippen LogP contribution in [0.5, 0.6) is 0 Å². The molecular formula is C30H17NO. The summed E-state index contributed by atoms with van der Waals surface area (Å²) in [6, 6.07) is 34.7. The third-order valence-electron chi connectivity index (χ3n) is 6.94. The molecule has 0 bridgehead atoms. The Kier molecular flexibility index (Phi) is 2.91. The number of pyridine rings is 1. The van der Waals surface area contributed by atoms with Crippen LogP contribution in [0.15, 0.2) is 108 Å². The molecular weight excluding hydrogens is 390 g/mol. The van der Waals surface area contributed by atoms with Crippen LogP contribution in [0.4, 0.5) is 0 Å². The maximum atomic E-state index is 6.26. The molecule has 2 nitrogen and oxygen atoms in total. The van der Waals surface area contributed by atoms with Crippen molar-refractivity contribution in [3.63, 3.8) is 0 Å². The minimum absolute atomic E-state index is 0.932. The molecule has 0 aliphatic heterocycles. The Bertz CT molecular complexity index is 2040. The molecule has 0 atom stereocenters. The Labute approximate surface area is 182 Å². The number of nitrogens with zero attached hydrogens (tertiary/aromatic N) is 1. The molecule has 0 amide bonds. The van der Waals surface area contributed by atoms with Gasteiger partial charge in [0.2, 0.25) is 0 Å². The van der Waals surface area contributed by atoms with Crippen LogP contribution >= 0.6 is 0 Å². The molecule has 0 radical (unpaired) electrons. The van der Waals surface area contributed by atoms with Crippen LogP contribution in [0.3, 0.4) is 0 Å². The van der Waals surface area contributed by atoms with E-state index in [0.29, 0.717) is 0 Å². The van der Waals surface area contributed by atoms with Gasteiger partial charge in [0, 0.05) is 38.5 Å². The molecule has 0 fully saturated rings. The Morgan fingerprint density at radius 3 is 2.16 bits per heavy atom. The minimum atomic E-state index is 0.932. The summed E-state index contributed by atoms with van der Waals surface area (Å²) >= 11 is 0. The van der Waals surface area contributed by atoms with Gasteiger partial charge in [-0.15, -0.1) is 0 Å². The summed E-state index contributed by atoms with van der Waals surface area (Å²) in [6.45, 7) is 0. The summed E-state index contributed by atoms with van der Waals surface area (Å²) < 4.78 is 8.64. The molecule has 0 unspecified atom stereocenters. The van der Waals surface area contributed by atoms with Crippen molar-refractivity contribution in [2.45, 2.75) is 0 Å². The van der Waals surface area contributed by atoms with E-state index in [0.717, 1.165) is 21.9 Å². The average Bonchev–Trinajstić information content (AvgIpc) is 3.41. The van der Waals surface area contributed by atoms with E-state index in [9.17, 15) is 0 Å². The highest BCUT2D eigenvalue weighted by atomic mass is 16.3. The average molecular weight is 407 g/mol. The summed E-state index contributed by atoms with van der Waals surface area (Å²) in [6.07, 6.45) is 2.28. The van der Waals surface area contributed by atoms with Crippen LogP contribution in [0, 0.1) is 0 Å². The highest BCUT2D eigenvalue weighted by molar-refractivity contribution is 6.28. The number of rotatable bonds is 0. The first-order chi connectivity index (χ1) is 15.9. The highest BCUT2D eigenvalue weighted by Crippen LogP contribution is 2.41. The van der Waals surface area contributed by atoms with Crippen molar-refractivity contribution in [1.29, 1.82) is 0 Å². The van der Waals surface area contributed by atoms with Gasteiger partial charge in [-0.05, 0) is 34.4 Å². The van der Waals surface area contributed by atoms with E-state index in [1.54, 1.807) is 0 Å². The van der Waals surface area contributed by atoms with Gasteiger partial charge in [0.15, 0.2) is 0 Å². The van der Waals surface area contributed by atoms with Gasteiger partial charge in [-0.2, -0.15) is 0 Å². The van der Waals surface area contributed by atoms with Crippen LogP contribution in [0.25, 0.3) is 70.7 Å². The van der Waals surface area contributed by atoms with Crippen LogP contribution in [0.2, 0.25) is 0 Å². The molecule has 3 aromatic heterocycles. The van der Waals surface area contributed by atoms with Gasteiger partial charge in [-0.25, -0.2) is 0 Å². The van der Waals surface area contributed by atoms with Crippen molar-refractivity contribution in [1.82, 2.24) is 4.40 Å². The molecule has 8 aromatic rings. The minimum Gasteiger partial charge on any atom is -0.456 e. The second-order valence-electron chi connectivity index (χ2n) is 8.61. The Morgan fingerprint density at radius 2 is 1.25 bits per heavy atom. The fraction of sp³-hybridized carbons (Fsp3) is 0. The first-order valence-electron chi connectivity index (χ1n) is 10.9. The number of hydrogen-bond acceptors (Lipinski definition) is 1. The van der Waals surface area contributed by atoms with E-state index in [-0.39, 0.29) is 0 Å². The predicted octanol–water partition coefficient (Wildman–Crippen LogP) is 8.45. The molecule has 3 heterocycles. The molecule has 2 heteroatoms. The maximum absolute atomic E-state index is 6.26. The number of para-hydroxylation sites is 1. The summed E-state index contributed by atoms with van der Waals surface area (Å²) in [7, 11) is 0. The van der Waals surface area contributed by atoms with Gasteiger partial charge in [0.05, 0.1) is 11.0 Å². The first-order valence-corrected chi connectivity index (χ1v) is 10.9. The normalized spacial score (nSPS) is 12.4. The number of fused-ring (bicyclic) bond motifs is 13. The Balaban J connectivity index is 1.74. The topological polar surface area (TPSA) is 17.6 Å². The van der Waals surface area contributed by atoms with Crippen molar-refractivity contribution in [3.8, 4) is 0 Å². The summed E-state index contributed by atoms with van der Waals surface area (Å²) in [4.78, 5) is 0. The van der Waals surface area contributed by atoms with E-state index in [1.165, 1.54) is 48.7 Å². The molecule has 32 heavy (non-hydrogen) atoms. The van der Waals surface area contributed by atoms with Crippen molar-refractivity contribution in [3.05, 3.63) is 103 Å². The summed E-state index contributed by atoms with van der Waals surface area (Å²) in [5.74, 6) is 0. The summed E-state index contributed by atoms with van der Waals surface area (Å²) in [5.41, 5.74) is 4.34. The number of benzene rings is 5. The van der Waals surface area contributed by atoms with Crippen molar-refractivity contribution >= 4 is 70.7 Å². The molecule has 148 valence electrons. The lowest BCUT2D eigenvalue weighted by atomic mass is 9.97. The first kappa shape index (κ1) is 16.4. The van der Waals surface area contributed by atoms with Gasteiger partial charge in [0.1, 0.15) is 11.2 Å². The Hall–Kier alpha value is -4.30. The van der Waals surface area contributed by atoms with E-state index in [2.05, 4.69) is 95.5 Å². The van der Waals surface area contributed by atoms with Crippen LogP contribution in [-0.2, 0) is 0 Å². The van der Waals surface area contributed by atoms with Crippen LogP contribution in [-0.4, -0.2) is 4.40 Å². The van der Waals surface area contributed by atoms with Gasteiger partial charge < -0.3 is 8.82 Å². The Morgan fingerprint density at radius 1 is 0.500 bits per heavy atom. The van der Waals surface area contributed by atoms with E-state index >= 15 is 0 Å². The third-order valence-corrected chi connectivity index (χ3v) is 6.94. The van der Waals surface area contributed by atoms with Gasteiger partial charge in [-0.3, -0.25) is 0 Å². The number of hydrogen-bond donors (Lipinski definition) is 0. The lowest BCUT2D eigenvalue weighted by Gasteiger charge is -2.12. The summed E-state index contributed by atoms with van der Waals surface area (Å²) in [5, 5.41) is 11.2. The zero-order valence-corrected chi connectivity index (χ0v) is 17.2. The molecule has 0 N–H and O–H groups in total. The monoisotopic (exact) mass is 407 g/mol. The quantitative estimate of drug-likeness (QED) is 0.231. The van der Waals surface area contributed by atoms with Gasteiger partial charge >= 0.3 is 0 Å². The smallest absolute Gasteiger partial charge is 0.136 e. The van der Waals surface area contributed by atoms with Gasteiger partial charge in [0.25, 0.3) is 0 Å². The second kappa shape index (κ2) is 5.68. The largest absolute Gasteiger partial charge is 0.456 e. The van der Waals surface area contributed by atoms with Crippen molar-refractivity contribution in [2.24, 2.45) is 0 Å². The molecule has 5 aromatic carbocycles. The SMILES string of the molecule is c1ccc2c(c1)ccc1c3cc4oc5ccccc5c4cc3n3cc4ccccc4c3c21. The lowest BCUT2D eigenvalue weighted by Crippen LogP contribution is -1.91. The van der Waals surface area contributed by atoms with E-state index in [1.807, 2.05) is 12.1 Å². The molecule has 0 spiro atoms. The number of aromatic nitrogens is 1. The maximum Gasteiger partial charge on any atom is 0.136 e. The number of furan rings is 1. The molecule has 0 saturated heterocycles. The molecule has 8 rings (SSSR count). The predicted molar refractivity (Wildman–Crippen MR) is 135 cm³/mol. The van der Waals surface area contributed by atoms with E-state index in [4.69, 9.17) is 4.42 Å². The fourth-order valence-corrected chi connectivity index (χ4v) is 5.53. The molecule has 0 aliphatic carbocycles. The highest BCUT2D eigenvalue weighted by Gasteiger charge is 2.17. The van der Waals surface area contributed by atoms with Crippen LogP contribution < -0.4 is 0 Å². The third kappa shape index (κ3) is 1.95. The molecule has 0 saturated carbocycles. The second-order valence-corrected chi connectivity index (χ2v) is 8.61. The zero-order chi connectivity index (χ0) is 20.8. The lowest BCUT2D eigenvalue weighted by molar-refractivity contribution is 0.669. The fourth-order valence-electron chi connectivity index (χ4n) is 5.53. The van der Waals surface area contributed by atoms with Crippen molar-refractivity contribution < 1.29 is 4.42 Å². The zero-order valence-electron chi connectivity index (χ0n) is 17.2. The van der Waals surface area contributed by atoms with Gasteiger partial charge in [-0.1, -0.05) is 78.9 Å². The van der Waals surface area contributed by atoms with E-state index < -0.39 is 0 Å². The molecule has 0 aliphatic rings.